The highest BCUT2D eigenvalue weighted by atomic mass is 14.1. The smallest absolute Gasteiger partial charge is 0.00941 e. The molecule has 0 radical (unpaired) electrons. The minimum absolute atomic E-state index is 0.987. The van der Waals surface area contributed by atoms with E-state index in [1.54, 1.807) is 0 Å². The second-order valence-corrected chi connectivity index (χ2v) is 6.90. The Bertz CT molecular complexity index is 722. The molecule has 0 saturated heterocycles. The lowest BCUT2D eigenvalue weighted by molar-refractivity contribution is 0.679. The van der Waals surface area contributed by atoms with Gasteiger partial charge in [-0.15, -0.1) is 6.58 Å². The van der Waals surface area contributed by atoms with Gasteiger partial charge in [0.2, 0.25) is 0 Å². The Labute approximate surface area is 153 Å². The van der Waals surface area contributed by atoms with E-state index >= 15 is 0 Å². The van der Waals surface area contributed by atoms with E-state index in [0.29, 0.717) is 0 Å². The standard InChI is InChI=1S/C25H30/c1-20(2)13-7-5-8-14-21(3)22(4)25-18-12-11-17-24(25)19-23-15-9-6-10-16-23/h6,9-12,15,17-19H,1,3-5,7-8,13-14,16H2,2H3/b23-19-. The van der Waals surface area contributed by atoms with Crippen LogP contribution in [-0.4, -0.2) is 0 Å². The second-order valence-electron chi connectivity index (χ2n) is 6.90. The van der Waals surface area contributed by atoms with Crippen molar-refractivity contribution >= 4 is 11.6 Å². The first-order chi connectivity index (χ1) is 12.1. The quantitative estimate of drug-likeness (QED) is 0.247. The van der Waals surface area contributed by atoms with Crippen molar-refractivity contribution in [3.8, 4) is 0 Å². The molecule has 0 fully saturated rings. The van der Waals surface area contributed by atoms with Crippen molar-refractivity contribution in [2.45, 2.75) is 45.4 Å². The molecular formula is C25H30. The Morgan fingerprint density at radius 3 is 2.48 bits per heavy atom. The van der Waals surface area contributed by atoms with Gasteiger partial charge in [-0.25, -0.2) is 0 Å². The summed E-state index contributed by atoms with van der Waals surface area (Å²) >= 11 is 0. The molecule has 0 atom stereocenters. The molecule has 0 spiro atoms. The molecule has 0 saturated carbocycles. The summed E-state index contributed by atoms with van der Waals surface area (Å²) in [4.78, 5) is 0. The number of rotatable bonds is 9. The molecule has 1 aliphatic carbocycles. The molecule has 1 aromatic rings. The van der Waals surface area contributed by atoms with Gasteiger partial charge >= 0.3 is 0 Å². The van der Waals surface area contributed by atoms with Gasteiger partial charge < -0.3 is 0 Å². The summed E-state index contributed by atoms with van der Waals surface area (Å²) in [5, 5.41) is 0. The van der Waals surface area contributed by atoms with E-state index in [9.17, 15) is 0 Å². The Hall–Kier alpha value is -2.34. The average molecular weight is 331 g/mol. The summed E-state index contributed by atoms with van der Waals surface area (Å²) in [5.41, 5.74) is 7.25. The van der Waals surface area contributed by atoms with Crippen molar-refractivity contribution in [1.82, 2.24) is 0 Å². The Morgan fingerprint density at radius 2 is 1.76 bits per heavy atom. The number of unbranched alkanes of at least 4 members (excludes halogenated alkanes) is 2. The fourth-order valence-corrected chi connectivity index (χ4v) is 3.02. The molecule has 0 N–H and O–H groups in total. The van der Waals surface area contributed by atoms with Gasteiger partial charge in [0.05, 0.1) is 0 Å². The summed E-state index contributed by atoms with van der Waals surface area (Å²) in [6, 6.07) is 8.49. The third-order valence-electron chi connectivity index (χ3n) is 4.55. The van der Waals surface area contributed by atoms with Crippen molar-refractivity contribution in [1.29, 1.82) is 0 Å². The SMILES string of the molecule is C=C(C)CCCCCC(=C)C(=C)c1ccccc1/C=C1/C=CC=CC1. The van der Waals surface area contributed by atoms with Crippen LogP contribution in [-0.2, 0) is 0 Å². The maximum atomic E-state index is 4.33. The predicted molar refractivity (Wildman–Crippen MR) is 113 cm³/mol. The van der Waals surface area contributed by atoms with E-state index in [0.717, 1.165) is 30.4 Å². The van der Waals surface area contributed by atoms with Crippen molar-refractivity contribution in [2.24, 2.45) is 0 Å². The zero-order valence-electron chi connectivity index (χ0n) is 15.6. The molecule has 1 aromatic carbocycles. The third-order valence-corrected chi connectivity index (χ3v) is 4.55. The van der Waals surface area contributed by atoms with Gasteiger partial charge in [0.25, 0.3) is 0 Å². The van der Waals surface area contributed by atoms with Gasteiger partial charge in [0.1, 0.15) is 0 Å². The first-order valence-electron chi connectivity index (χ1n) is 9.22. The normalized spacial score (nSPS) is 14.7. The highest BCUT2D eigenvalue weighted by Crippen LogP contribution is 2.29. The van der Waals surface area contributed by atoms with Crippen LogP contribution in [0.25, 0.3) is 11.6 Å². The molecule has 25 heavy (non-hydrogen) atoms. The molecule has 130 valence electrons. The fourth-order valence-electron chi connectivity index (χ4n) is 3.02. The molecule has 0 nitrogen and oxygen atoms in total. The number of benzene rings is 1. The molecule has 0 unspecified atom stereocenters. The van der Waals surface area contributed by atoms with Gasteiger partial charge in [-0.05, 0) is 66.9 Å². The van der Waals surface area contributed by atoms with Crippen LogP contribution in [0, 0.1) is 0 Å². The maximum Gasteiger partial charge on any atom is -0.00941 e. The molecular weight excluding hydrogens is 300 g/mol. The number of hydrogen-bond donors (Lipinski definition) is 0. The first-order valence-corrected chi connectivity index (χ1v) is 9.22. The maximum absolute atomic E-state index is 4.33. The summed E-state index contributed by atoms with van der Waals surface area (Å²) in [6.45, 7) is 14.7. The van der Waals surface area contributed by atoms with Crippen LogP contribution in [0.15, 0.2) is 85.0 Å². The van der Waals surface area contributed by atoms with Crippen LogP contribution < -0.4 is 0 Å². The van der Waals surface area contributed by atoms with E-state index in [2.05, 4.69) is 81.3 Å². The van der Waals surface area contributed by atoms with Crippen LogP contribution in [0.2, 0.25) is 0 Å². The molecule has 0 aliphatic heterocycles. The Morgan fingerprint density at radius 1 is 1.00 bits per heavy atom. The Balaban J connectivity index is 1.99. The van der Waals surface area contributed by atoms with Crippen molar-refractivity contribution in [2.75, 3.05) is 0 Å². The number of allylic oxidation sites excluding steroid dienone is 8. The van der Waals surface area contributed by atoms with Gasteiger partial charge in [0.15, 0.2) is 0 Å². The van der Waals surface area contributed by atoms with E-state index in [-0.39, 0.29) is 0 Å². The lowest BCUT2D eigenvalue weighted by Crippen LogP contribution is -1.93. The van der Waals surface area contributed by atoms with E-state index < -0.39 is 0 Å². The van der Waals surface area contributed by atoms with Gasteiger partial charge in [-0.1, -0.05) is 79.8 Å². The minimum Gasteiger partial charge on any atom is -0.100 e. The highest BCUT2D eigenvalue weighted by molar-refractivity contribution is 5.82. The van der Waals surface area contributed by atoms with E-state index in [1.807, 2.05) is 0 Å². The van der Waals surface area contributed by atoms with Crippen LogP contribution in [0.5, 0.6) is 0 Å². The van der Waals surface area contributed by atoms with Crippen LogP contribution in [0.3, 0.4) is 0 Å². The largest absolute Gasteiger partial charge is 0.100 e. The van der Waals surface area contributed by atoms with E-state index in [1.165, 1.54) is 41.5 Å². The lowest BCUT2D eigenvalue weighted by atomic mass is 9.91. The summed E-state index contributed by atoms with van der Waals surface area (Å²) < 4.78 is 0. The van der Waals surface area contributed by atoms with Crippen molar-refractivity contribution < 1.29 is 0 Å². The van der Waals surface area contributed by atoms with E-state index in [4.69, 9.17) is 0 Å². The molecule has 2 rings (SSSR count). The monoisotopic (exact) mass is 330 g/mol. The van der Waals surface area contributed by atoms with Crippen LogP contribution in [0.1, 0.15) is 56.6 Å². The zero-order chi connectivity index (χ0) is 18.1. The average Bonchev–Trinajstić information content (AvgIpc) is 2.62. The van der Waals surface area contributed by atoms with Crippen molar-refractivity contribution in [3.05, 3.63) is 96.2 Å². The summed E-state index contributed by atoms with van der Waals surface area (Å²) in [6.07, 6.45) is 17.6. The van der Waals surface area contributed by atoms with Crippen LogP contribution in [0.4, 0.5) is 0 Å². The van der Waals surface area contributed by atoms with Gasteiger partial charge in [-0.2, -0.15) is 0 Å². The topological polar surface area (TPSA) is 0 Å². The lowest BCUT2D eigenvalue weighted by Gasteiger charge is -2.13. The van der Waals surface area contributed by atoms with Crippen molar-refractivity contribution in [3.63, 3.8) is 0 Å². The fraction of sp³-hybridized carbons (Fsp3) is 0.280. The predicted octanol–water partition coefficient (Wildman–Crippen LogP) is 7.68. The highest BCUT2D eigenvalue weighted by Gasteiger charge is 2.08. The summed E-state index contributed by atoms with van der Waals surface area (Å²) in [7, 11) is 0. The molecule has 0 aromatic heterocycles. The number of hydrogen-bond acceptors (Lipinski definition) is 0. The zero-order valence-corrected chi connectivity index (χ0v) is 15.6. The van der Waals surface area contributed by atoms with Crippen LogP contribution >= 0.6 is 0 Å². The first kappa shape index (κ1) is 19.0. The molecule has 0 amide bonds. The minimum atomic E-state index is 0.987. The second kappa shape index (κ2) is 9.84. The molecule has 1 aliphatic rings. The Kier molecular flexibility index (Phi) is 7.47. The third kappa shape index (κ3) is 6.23. The van der Waals surface area contributed by atoms with Gasteiger partial charge in [0, 0.05) is 0 Å². The molecule has 0 heteroatoms. The molecule has 0 heterocycles. The molecule has 0 bridgehead atoms. The summed E-state index contributed by atoms with van der Waals surface area (Å²) in [5.74, 6) is 0. The van der Waals surface area contributed by atoms with Gasteiger partial charge in [-0.3, -0.25) is 0 Å².